The number of aromatic nitrogens is 5. The van der Waals surface area contributed by atoms with E-state index < -0.39 is 0 Å². The Morgan fingerprint density at radius 2 is 1.94 bits per heavy atom. The Balaban J connectivity index is 1.31. The summed E-state index contributed by atoms with van der Waals surface area (Å²) in [6, 6.07) is 15.9. The van der Waals surface area contributed by atoms with Crippen LogP contribution in [-0.4, -0.2) is 48.7 Å². The molecule has 1 aliphatic rings. The third kappa shape index (κ3) is 3.05. The van der Waals surface area contributed by atoms with E-state index in [2.05, 4.69) is 26.2 Å². The monoisotopic (exact) mass is 422 g/mol. The number of nitrogens with zero attached hydrogens (tertiary/aromatic N) is 5. The van der Waals surface area contributed by atoms with Gasteiger partial charge in [-0.05, 0) is 55.3 Å². The number of benzene rings is 1. The average Bonchev–Trinajstić information content (AvgIpc) is 3.56. The van der Waals surface area contributed by atoms with Crippen LogP contribution in [0.3, 0.4) is 0 Å². The number of amides is 1. The Morgan fingerprint density at radius 3 is 2.81 bits per heavy atom. The second kappa shape index (κ2) is 7.30. The van der Waals surface area contributed by atoms with Gasteiger partial charge in [-0.25, -0.2) is 4.98 Å². The van der Waals surface area contributed by atoms with Crippen molar-refractivity contribution < 1.29 is 4.79 Å². The predicted octanol–water partition coefficient (Wildman–Crippen LogP) is 4.21. The first-order chi connectivity index (χ1) is 15.7. The first-order valence-corrected chi connectivity index (χ1v) is 10.8. The molecular formula is C25H22N6O. The van der Waals surface area contributed by atoms with Crippen LogP contribution in [0, 0.1) is 6.92 Å². The van der Waals surface area contributed by atoms with Gasteiger partial charge < -0.3 is 9.88 Å². The highest BCUT2D eigenvalue weighted by Gasteiger charge is 2.29. The number of fused-ring (bicyclic) bond motifs is 2. The zero-order valence-corrected chi connectivity index (χ0v) is 17.7. The first kappa shape index (κ1) is 18.7. The van der Waals surface area contributed by atoms with Crippen molar-refractivity contribution in [2.75, 3.05) is 13.1 Å². The standard InChI is InChI=1S/C25H22N6O/c1-16-4-6-17(7-5-16)25(32)30-12-9-18(15-30)22-13-20-19(8-11-26-24(20)29-22)21-14-28-31-23(21)3-2-10-27-31/h2-8,10-11,13-14,18H,9,12,15H2,1H3,(H,26,29). The summed E-state index contributed by atoms with van der Waals surface area (Å²) >= 11 is 0. The number of H-pyrrole nitrogens is 1. The number of carbonyl (C=O) groups excluding carboxylic acids is 1. The number of carbonyl (C=O) groups is 1. The van der Waals surface area contributed by atoms with E-state index in [4.69, 9.17) is 0 Å². The van der Waals surface area contributed by atoms with Crippen LogP contribution >= 0.6 is 0 Å². The van der Waals surface area contributed by atoms with Crippen molar-refractivity contribution in [3.05, 3.63) is 83.9 Å². The molecular weight excluding hydrogens is 400 g/mol. The Bertz CT molecular complexity index is 1450. The minimum absolute atomic E-state index is 0.0984. The topological polar surface area (TPSA) is 79.2 Å². The molecule has 1 N–H and O–H groups in total. The molecule has 4 aromatic heterocycles. The van der Waals surface area contributed by atoms with Crippen molar-refractivity contribution in [3.8, 4) is 11.1 Å². The van der Waals surface area contributed by atoms with E-state index in [1.165, 1.54) is 0 Å². The Morgan fingerprint density at radius 1 is 1.06 bits per heavy atom. The maximum absolute atomic E-state index is 12.9. The number of hydrogen-bond acceptors (Lipinski definition) is 4. The molecule has 1 unspecified atom stereocenters. The van der Waals surface area contributed by atoms with Crippen molar-refractivity contribution >= 4 is 22.5 Å². The lowest BCUT2D eigenvalue weighted by Gasteiger charge is -2.16. The SMILES string of the molecule is Cc1ccc(C(=O)N2CCC(c3cc4c(-c5cnn6ncccc56)ccnc4[nH]3)C2)cc1. The first-order valence-electron chi connectivity index (χ1n) is 10.8. The number of likely N-dealkylation sites (tertiary alicyclic amines) is 1. The van der Waals surface area contributed by atoms with E-state index >= 15 is 0 Å². The fraction of sp³-hybridized carbons (Fsp3) is 0.200. The number of aromatic amines is 1. The van der Waals surface area contributed by atoms with Crippen LogP contribution in [0.1, 0.15) is 34.0 Å². The normalized spacial score (nSPS) is 16.3. The largest absolute Gasteiger partial charge is 0.343 e. The fourth-order valence-corrected chi connectivity index (χ4v) is 4.62. The van der Waals surface area contributed by atoms with Gasteiger partial charge >= 0.3 is 0 Å². The molecule has 1 saturated heterocycles. The minimum Gasteiger partial charge on any atom is -0.343 e. The maximum Gasteiger partial charge on any atom is 0.253 e. The zero-order chi connectivity index (χ0) is 21.7. The molecule has 6 rings (SSSR count). The van der Waals surface area contributed by atoms with Gasteiger partial charge in [-0.15, -0.1) is 0 Å². The molecule has 1 amide bonds. The molecule has 0 saturated carbocycles. The summed E-state index contributed by atoms with van der Waals surface area (Å²) in [6.45, 7) is 3.49. The zero-order valence-electron chi connectivity index (χ0n) is 17.7. The Kier molecular flexibility index (Phi) is 4.28. The second-order valence-electron chi connectivity index (χ2n) is 8.40. The summed E-state index contributed by atoms with van der Waals surface area (Å²) in [6.07, 6.45) is 6.32. The Labute approximate surface area is 184 Å². The van der Waals surface area contributed by atoms with Gasteiger partial charge in [-0.1, -0.05) is 17.7 Å². The molecule has 1 fully saturated rings. The lowest BCUT2D eigenvalue weighted by atomic mass is 10.0. The van der Waals surface area contributed by atoms with E-state index in [0.29, 0.717) is 6.54 Å². The fourth-order valence-electron chi connectivity index (χ4n) is 4.62. The van der Waals surface area contributed by atoms with E-state index in [1.54, 1.807) is 10.8 Å². The quantitative estimate of drug-likeness (QED) is 0.472. The van der Waals surface area contributed by atoms with Gasteiger partial charge in [0.1, 0.15) is 5.65 Å². The average molecular weight is 422 g/mol. The molecule has 1 atom stereocenters. The number of rotatable bonds is 3. The van der Waals surface area contributed by atoms with E-state index in [9.17, 15) is 4.79 Å². The van der Waals surface area contributed by atoms with Crippen LogP contribution in [0.2, 0.25) is 0 Å². The van der Waals surface area contributed by atoms with Crippen LogP contribution in [0.15, 0.2) is 67.1 Å². The second-order valence-corrected chi connectivity index (χ2v) is 8.40. The highest BCUT2D eigenvalue weighted by molar-refractivity contribution is 5.98. The maximum atomic E-state index is 12.9. The molecule has 1 aliphatic heterocycles. The lowest BCUT2D eigenvalue weighted by molar-refractivity contribution is 0.0790. The minimum atomic E-state index is 0.0984. The molecule has 1 aromatic carbocycles. The molecule has 0 radical (unpaired) electrons. The van der Waals surface area contributed by atoms with Crippen LogP contribution in [0.25, 0.3) is 27.7 Å². The molecule has 7 heteroatoms. The van der Waals surface area contributed by atoms with Crippen molar-refractivity contribution in [2.45, 2.75) is 19.3 Å². The number of hydrogen-bond donors (Lipinski definition) is 1. The van der Waals surface area contributed by atoms with Gasteiger partial charge in [0.15, 0.2) is 0 Å². The third-order valence-electron chi connectivity index (χ3n) is 6.36. The van der Waals surface area contributed by atoms with Crippen LogP contribution in [0.4, 0.5) is 0 Å². The summed E-state index contributed by atoms with van der Waals surface area (Å²) in [5.74, 6) is 0.360. The molecule has 0 aliphatic carbocycles. The van der Waals surface area contributed by atoms with Gasteiger partial charge in [0, 0.05) is 53.6 Å². The van der Waals surface area contributed by atoms with Crippen molar-refractivity contribution in [1.29, 1.82) is 0 Å². The van der Waals surface area contributed by atoms with Crippen molar-refractivity contribution in [1.82, 2.24) is 29.7 Å². The van der Waals surface area contributed by atoms with Gasteiger partial charge in [-0.2, -0.15) is 14.8 Å². The molecule has 5 aromatic rings. The van der Waals surface area contributed by atoms with Crippen LogP contribution < -0.4 is 0 Å². The Hall–Kier alpha value is -4.00. The summed E-state index contributed by atoms with van der Waals surface area (Å²) in [4.78, 5) is 22.9. The highest BCUT2D eigenvalue weighted by atomic mass is 16.2. The smallest absolute Gasteiger partial charge is 0.253 e. The van der Waals surface area contributed by atoms with E-state index in [-0.39, 0.29) is 11.8 Å². The molecule has 0 spiro atoms. The molecule has 5 heterocycles. The summed E-state index contributed by atoms with van der Waals surface area (Å²) in [5, 5.41) is 9.72. The molecule has 32 heavy (non-hydrogen) atoms. The van der Waals surface area contributed by atoms with E-state index in [1.807, 2.05) is 66.7 Å². The number of pyridine rings is 1. The van der Waals surface area contributed by atoms with Crippen LogP contribution in [0.5, 0.6) is 0 Å². The number of aryl methyl sites for hydroxylation is 1. The van der Waals surface area contributed by atoms with Gasteiger partial charge in [0.2, 0.25) is 0 Å². The van der Waals surface area contributed by atoms with Crippen molar-refractivity contribution in [3.63, 3.8) is 0 Å². The van der Waals surface area contributed by atoms with Crippen molar-refractivity contribution in [2.24, 2.45) is 0 Å². The van der Waals surface area contributed by atoms with Crippen LogP contribution in [-0.2, 0) is 0 Å². The highest BCUT2D eigenvalue weighted by Crippen LogP contribution is 2.34. The third-order valence-corrected chi connectivity index (χ3v) is 6.36. The van der Waals surface area contributed by atoms with Gasteiger partial charge in [-0.3, -0.25) is 4.79 Å². The number of nitrogens with one attached hydrogen (secondary N) is 1. The summed E-state index contributed by atoms with van der Waals surface area (Å²) in [7, 11) is 0. The van der Waals surface area contributed by atoms with Gasteiger partial charge in [0.25, 0.3) is 5.91 Å². The molecule has 7 nitrogen and oxygen atoms in total. The summed E-state index contributed by atoms with van der Waals surface area (Å²) < 4.78 is 1.64. The van der Waals surface area contributed by atoms with E-state index in [0.717, 1.165) is 57.5 Å². The lowest BCUT2D eigenvalue weighted by Crippen LogP contribution is -2.28. The molecule has 0 bridgehead atoms. The molecule has 158 valence electrons. The van der Waals surface area contributed by atoms with Gasteiger partial charge in [0.05, 0.1) is 11.7 Å². The summed E-state index contributed by atoms with van der Waals surface area (Å²) in [5.41, 5.74) is 6.93. The predicted molar refractivity (Wildman–Crippen MR) is 123 cm³/mol.